The van der Waals surface area contributed by atoms with Crippen LogP contribution in [0, 0.1) is 13.8 Å². The number of hydrogen-bond donors (Lipinski definition) is 2. The van der Waals surface area contributed by atoms with Gasteiger partial charge in [-0.05, 0) is 61.2 Å². The predicted molar refractivity (Wildman–Crippen MR) is 102 cm³/mol. The molecule has 0 atom stereocenters. The normalized spacial score (nSPS) is 10.2. The summed E-state index contributed by atoms with van der Waals surface area (Å²) in [4.78, 5) is 25.9. The molecule has 2 rings (SSSR count). The van der Waals surface area contributed by atoms with Gasteiger partial charge in [-0.3, -0.25) is 9.59 Å². The van der Waals surface area contributed by atoms with Crippen molar-refractivity contribution < 1.29 is 9.59 Å². The number of amides is 2. The number of rotatable bonds is 5. The quantitative estimate of drug-likeness (QED) is 0.823. The largest absolute Gasteiger partial charge is 0.378 e. The minimum atomic E-state index is -0.645. The molecule has 0 unspecified atom stereocenters. The Labute approximate surface area is 149 Å². The molecule has 2 amide bonds. The van der Waals surface area contributed by atoms with E-state index in [4.69, 9.17) is 0 Å². The minimum absolute atomic E-state index is 0.417. The fourth-order valence-electron chi connectivity index (χ4n) is 2.60. The molecule has 0 fully saturated rings. The maximum Gasteiger partial charge on any atom is 0.313 e. The van der Waals surface area contributed by atoms with Crippen LogP contribution in [0.4, 0.5) is 11.4 Å². The summed E-state index contributed by atoms with van der Waals surface area (Å²) in [5.74, 6) is -1.27. The Bertz CT molecular complexity index is 732. The van der Waals surface area contributed by atoms with Crippen molar-refractivity contribution in [1.29, 1.82) is 0 Å². The van der Waals surface area contributed by atoms with E-state index >= 15 is 0 Å². The second-order valence-corrected chi connectivity index (χ2v) is 6.40. The smallest absolute Gasteiger partial charge is 0.313 e. The van der Waals surface area contributed by atoms with Crippen LogP contribution in [0.1, 0.15) is 16.7 Å². The molecule has 0 saturated carbocycles. The van der Waals surface area contributed by atoms with Crippen LogP contribution in [0.15, 0.2) is 42.5 Å². The molecule has 2 aromatic rings. The molecular formula is C20H25N3O2. The molecule has 0 saturated heterocycles. The topological polar surface area (TPSA) is 61.4 Å². The zero-order valence-electron chi connectivity index (χ0n) is 15.2. The zero-order chi connectivity index (χ0) is 18.4. The van der Waals surface area contributed by atoms with Crippen LogP contribution in [0.5, 0.6) is 0 Å². The van der Waals surface area contributed by atoms with Crippen LogP contribution in [-0.4, -0.2) is 32.5 Å². The van der Waals surface area contributed by atoms with Crippen molar-refractivity contribution in [1.82, 2.24) is 5.32 Å². The monoisotopic (exact) mass is 339 g/mol. The molecule has 132 valence electrons. The predicted octanol–water partition coefficient (Wildman–Crippen LogP) is 2.67. The van der Waals surface area contributed by atoms with Gasteiger partial charge in [0.1, 0.15) is 0 Å². The number of nitrogens with one attached hydrogen (secondary N) is 2. The van der Waals surface area contributed by atoms with Crippen LogP contribution < -0.4 is 15.5 Å². The van der Waals surface area contributed by atoms with E-state index in [-0.39, 0.29) is 0 Å². The average Bonchev–Trinajstić information content (AvgIpc) is 2.54. The van der Waals surface area contributed by atoms with Crippen molar-refractivity contribution in [3.63, 3.8) is 0 Å². The highest BCUT2D eigenvalue weighted by Gasteiger charge is 2.13. The van der Waals surface area contributed by atoms with Crippen molar-refractivity contribution in [2.45, 2.75) is 20.3 Å². The summed E-state index contributed by atoms with van der Waals surface area (Å²) in [7, 11) is 3.98. The number of carbonyl (C=O) groups is 2. The van der Waals surface area contributed by atoms with Crippen LogP contribution in [0.3, 0.4) is 0 Å². The number of benzene rings is 2. The van der Waals surface area contributed by atoms with Gasteiger partial charge >= 0.3 is 11.8 Å². The molecule has 25 heavy (non-hydrogen) atoms. The van der Waals surface area contributed by atoms with E-state index in [1.54, 1.807) is 0 Å². The Morgan fingerprint density at radius 2 is 1.52 bits per heavy atom. The van der Waals surface area contributed by atoms with Crippen LogP contribution >= 0.6 is 0 Å². The van der Waals surface area contributed by atoms with Crippen molar-refractivity contribution in [3.05, 3.63) is 59.2 Å². The number of nitrogens with zero attached hydrogens (tertiary/aromatic N) is 1. The molecule has 0 aliphatic heterocycles. The lowest BCUT2D eigenvalue weighted by atomic mass is 10.1. The molecule has 0 aliphatic rings. The third-order valence-corrected chi connectivity index (χ3v) is 3.84. The Balaban J connectivity index is 1.82. The number of hydrogen-bond acceptors (Lipinski definition) is 3. The molecule has 0 radical (unpaired) electrons. The molecule has 0 spiro atoms. The van der Waals surface area contributed by atoms with E-state index < -0.39 is 11.8 Å². The van der Waals surface area contributed by atoms with E-state index in [2.05, 4.69) is 10.6 Å². The van der Waals surface area contributed by atoms with Gasteiger partial charge in [-0.2, -0.15) is 0 Å². The van der Waals surface area contributed by atoms with E-state index in [1.165, 1.54) is 0 Å². The second-order valence-electron chi connectivity index (χ2n) is 6.40. The second kappa shape index (κ2) is 8.33. The summed E-state index contributed by atoms with van der Waals surface area (Å²) in [5, 5.41) is 5.29. The van der Waals surface area contributed by atoms with Gasteiger partial charge in [0.25, 0.3) is 0 Å². The Kier molecular flexibility index (Phi) is 6.17. The lowest BCUT2D eigenvalue weighted by Gasteiger charge is -2.12. The molecule has 0 aliphatic carbocycles. The van der Waals surface area contributed by atoms with Gasteiger partial charge < -0.3 is 15.5 Å². The number of anilines is 2. The van der Waals surface area contributed by atoms with Gasteiger partial charge in [-0.25, -0.2) is 0 Å². The Morgan fingerprint density at radius 1 is 0.920 bits per heavy atom. The fraction of sp³-hybridized carbons (Fsp3) is 0.300. The zero-order valence-corrected chi connectivity index (χ0v) is 15.2. The lowest BCUT2D eigenvalue weighted by Crippen LogP contribution is -2.36. The third-order valence-electron chi connectivity index (χ3n) is 3.84. The van der Waals surface area contributed by atoms with Crippen LogP contribution in [-0.2, 0) is 16.0 Å². The van der Waals surface area contributed by atoms with Crippen molar-refractivity contribution in [2.24, 2.45) is 0 Å². The first-order valence-electron chi connectivity index (χ1n) is 8.29. The molecule has 0 bridgehead atoms. The number of carbonyl (C=O) groups excluding carboxylic acids is 2. The van der Waals surface area contributed by atoms with Crippen molar-refractivity contribution in [3.8, 4) is 0 Å². The Morgan fingerprint density at radius 3 is 2.08 bits per heavy atom. The van der Waals surface area contributed by atoms with Gasteiger partial charge in [-0.15, -0.1) is 0 Å². The molecule has 0 aromatic heterocycles. The molecule has 5 nitrogen and oxygen atoms in total. The maximum absolute atomic E-state index is 12.0. The average molecular weight is 339 g/mol. The van der Waals surface area contributed by atoms with E-state index in [0.717, 1.165) is 22.4 Å². The fourth-order valence-corrected chi connectivity index (χ4v) is 2.60. The molecule has 2 aromatic carbocycles. The van der Waals surface area contributed by atoms with Crippen molar-refractivity contribution in [2.75, 3.05) is 30.9 Å². The SMILES string of the molecule is Cc1cc(C)cc(NC(=O)C(=O)NCCc2ccc(N(C)C)cc2)c1. The highest BCUT2D eigenvalue weighted by atomic mass is 16.2. The van der Waals surface area contributed by atoms with Gasteiger partial charge in [0.05, 0.1) is 0 Å². The van der Waals surface area contributed by atoms with Gasteiger partial charge in [0, 0.05) is 32.0 Å². The molecule has 0 heterocycles. The summed E-state index contributed by atoms with van der Waals surface area (Å²) in [6, 6.07) is 13.8. The minimum Gasteiger partial charge on any atom is -0.378 e. The third kappa shape index (κ3) is 5.64. The summed E-state index contributed by atoms with van der Waals surface area (Å²) < 4.78 is 0. The summed E-state index contributed by atoms with van der Waals surface area (Å²) >= 11 is 0. The van der Waals surface area contributed by atoms with Gasteiger partial charge in [-0.1, -0.05) is 18.2 Å². The molecular weight excluding hydrogens is 314 g/mol. The van der Waals surface area contributed by atoms with Gasteiger partial charge in [0.2, 0.25) is 0 Å². The number of aryl methyl sites for hydroxylation is 2. The van der Waals surface area contributed by atoms with E-state index in [9.17, 15) is 9.59 Å². The maximum atomic E-state index is 12.0. The highest BCUT2D eigenvalue weighted by Crippen LogP contribution is 2.14. The first-order valence-corrected chi connectivity index (χ1v) is 8.29. The Hall–Kier alpha value is -2.82. The van der Waals surface area contributed by atoms with E-state index in [0.29, 0.717) is 18.7 Å². The molecule has 5 heteroatoms. The first-order chi connectivity index (χ1) is 11.8. The summed E-state index contributed by atoms with van der Waals surface area (Å²) in [6.07, 6.45) is 0.677. The standard InChI is InChI=1S/C20H25N3O2/c1-14-11-15(2)13-17(12-14)22-20(25)19(24)21-10-9-16-5-7-18(8-6-16)23(3)4/h5-8,11-13H,9-10H2,1-4H3,(H,21,24)(H,22,25). The van der Waals surface area contributed by atoms with Crippen LogP contribution in [0.25, 0.3) is 0 Å². The molecule has 2 N–H and O–H groups in total. The van der Waals surface area contributed by atoms with Crippen molar-refractivity contribution >= 4 is 23.2 Å². The van der Waals surface area contributed by atoms with Crippen LogP contribution in [0.2, 0.25) is 0 Å². The first kappa shape index (κ1) is 18.5. The lowest BCUT2D eigenvalue weighted by molar-refractivity contribution is -0.136. The highest BCUT2D eigenvalue weighted by molar-refractivity contribution is 6.39. The summed E-state index contributed by atoms with van der Waals surface area (Å²) in [5.41, 5.74) is 4.95. The van der Waals surface area contributed by atoms with E-state index in [1.807, 2.05) is 75.3 Å². The van der Waals surface area contributed by atoms with Gasteiger partial charge in [0.15, 0.2) is 0 Å². The summed E-state index contributed by atoms with van der Waals surface area (Å²) in [6.45, 7) is 4.31.